The molecule has 0 saturated carbocycles. The lowest BCUT2D eigenvalue weighted by Crippen LogP contribution is -2.62. The molecule has 0 amide bonds. The number of ether oxygens (including phenoxy) is 2. The summed E-state index contributed by atoms with van der Waals surface area (Å²) in [5.74, 6) is -9.80. The van der Waals surface area contributed by atoms with E-state index in [4.69, 9.17) is 13.9 Å². The second-order valence-corrected chi connectivity index (χ2v) is 6.92. The standard InChI is InChI=1S/C21H16F3NO6/c1-2-29-19(27)16-14(11-6-5-9-25-10-11)15-17(31-20(16,28)21(22,23)24)12-7-3-4-8-13(12)30-18(15)26/h3-10,14,16,28H,2H2,1H3. The number of aromatic nitrogens is 1. The molecule has 0 saturated heterocycles. The molecule has 0 bridgehead atoms. The van der Waals surface area contributed by atoms with Crippen LogP contribution in [0.4, 0.5) is 13.2 Å². The first-order valence-electron chi connectivity index (χ1n) is 9.29. The first-order chi connectivity index (χ1) is 14.7. The molecule has 1 N–H and O–H groups in total. The number of nitrogens with zero attached hydrogens (tertiary/aromatic N) is 1. The van der Waals surface area contributed by atoms with Gasteiger partial charge in [0.25, 0.3) is 0 Å². The van der Waals surface area contributed by atoms with Gasteiger partial charge in [-0.3, -0.25) is 9.78 Å². The maximum Gasteiger partial charge on any atom is 0.456 e. The first kappa shape index (κ1) is 20.9. The van der Waals surface area contributed by atoms with Gasteiger partial charge < -0.3 is 19.0 Å². The Hall–Kier alpha value is -3.40. The Kier molecular flexibility index (Phi) is 4.97. The van der Waals surface area contributed by atoms with Crippen molar-refractivity contribution < 1.29 is 37.0 Å². The van der Waals surface area contributed by atoms with Gasteiger partial charge in [0.05, 0.1) is 17.6 Å². The van der Waals surface area contributed by atoms with E-state index in [2.05, 4.69) is 4.98 Å². The maximum absolute atomic E-state index is 14.2. The summed E-state index contributed by atoms with van der Waals surface area (Å²) < 4.78 is 57.7. The van der Waals surface area contributed by atoms with Gasteiger partial charge in [-0.15, -0.1) is 0 Å². The van der Waals surface area contributed by atoms with E-state index >= 15 is 0 Å². The average Bonchev–Trinajstić information content (AvgIpc) is 2.73. The third kappa shape index (κ3) is 3.23. The Morgan fingerprint density at radius 2 is 2.00 bits per heavy atom. The molecule has 1 aromatic carbocycles. The molecule has 1 aliphatic heterocycles. The van der Waals surface area contributed by atoms with Crippen LogP contribution in [-0.2, 0) is 9.53 Å². The number of rotatable bonds is 3. The van der Waals surface area contributed by atoms with E-state index < -0.39 is 41.1 Å². The van der Waals surface area contributed by atoms with Crippen molar-refractivity contribution in [1.29, 1.82) is 0 Å². The fourth-order valence-corrected chi connectivity index (χ4v) is 3.81. The molecule has 3 heterocycles. The van der Waals surface area contributed by atoms with Crippen molar-refractivity contribution in [2.45, 2.75) is 24.8 Å². The number of benzene rings is 1. The van der Waals surface area contributed by atoms with Crippen molar-refractivity contribution in [3.63, 3.8) is 0 Å². The van der Waals surface area contributed by atoms with Crippen molar-refractivity contribution in [3.8, 4) is 5.75 Å². The number of halogens is 3. The van der Waals surface area contributed by atoms with Crippen LogP contribution in [0.2, 0.25) is 0 Å². The highest BCUT2D eigenvalue weighted by Gasteiger charge is 2.69. The molecule has 0 aliphatic carbocycles. The Balaban J connectivity index is 2.11. The third-order valence-corrected chi connectivity index (χ3v) is 5.11. The first-order valence-corrected chi connectivity index (χ1v) is 9.29. The Labute approximate surface area is 173 Å². The zero-order valence-corrected chi connectivity index (χ0v) is 16.1. The number of hydrogen-bond acceptors (Lipinski definition) is 7. The maximum atomic E-state index is 14.2. The van der Waals surface area contributed by atoms with Gasteiger partial charge in [0.15, 0.2) is 0 Å². The van der Waals surface area contributed by atoms with Crippen LogP contribution in [0.1, 0.15) is 24.0 Å². The van der Waals surface area contributed by atoms with Crippen LogP contribution in [-0.4, -0.2) is 34.6 Å². The summed E-state index contributed by atoms with van der Waals surface area (Å²) in [5, 5.41) is 10.8. The van der Waals surface area contributed by atoms with E-state index in [0.717, 1.165) is 0 Å². The largest absolute Gasteiger partial charge is 0.466 e. The zero-order chi connectivity index (χ0) is 22.4. The van der Waals surface area contributed by atoms with Crippen LogP contribution >= 0.6 is 0 Å². The van der Waals surface area contributed by atoms with E-state index in [1.165, 1.54) is 55.7 Å². The number of esters is 1. The van der Waals surface area contributed by atoms with Gasteiger partial charge in [0.1, 0.15) is 17.3 Å². The minimum atomic E-state index is -5.40. The molecule has 1 aliphatic rings. The molecule has 3 unspecified atom stereocenters. The van der Waals surface area contributed by atoms with Crippen LogP contribution in [0, 0.1) is 5.92 Å². The van der Waals surface area contributed by atoms with Crippen molar-refractivity contribution in [1.82, 2.24) is 4.98 Å². The highest BCUT2D eigenvalue weighted by atomic mass is 19.4. The van der Waals surface area contributed by atoms with E-state index in [1.807, 2.05) is 0 Å². The lowest BCUT2D eigenvalue weighted by Gasteiger charge is -2.43. The summed E-state index contributed by atoms with van der Waals surface area (Å²) in [7, 11) is 0. The fraction of sp³-hybridized carbons (Fsp3) is 0.286. The molecule has 10 heteroatoms. The number of fused-ring (bicyclic) bond motifs is 3. The second kappa shape index (κ2) is 7.38. The van der Waals surface area contributed by atoms with E-state index in [0.29, 0.717) is 0 Å². The lowest BCUT2D eigenvalue weighted by atomic mass is 9.74. The topological polar surface area (TPSA) is 98.9 Å². The molecule has 0 radical (unpaired) electrons. The van der Waals surface area contributed by atoms with Crippen LogP contribution < -0.4 is 10.4 Å². The predicted octanol–water partition coefficient (Wildman–Crippen LogP) is 3.14. The lowest BCUT2D eigenvalue weighted by molar-refractivity contribution is -0.358. The number of carbonyl (C=O) groups is 1. The van der Waals surface area contributed by atoms with Crippen molar-refractivity contribution >= 4 is 16.9 Å². The molecule has 31 heavy (non-hydrogen) atoms. The Morgan fingerprint density at radius 1 is 1.26 bits per heavy atom. The van der Waals surface area contributed by atoms with Crippen LogP contribution in [0.25, 0.3) is 11.0 Å². The summed E-state index contributed by atoms with van der Waals surface area (Å²) in [6, 6.07) is 8.63. The monoisotopic (exact) mass is 435 g/mol. The molecular weight excluding hydrogens is 419 g/mol. The smallest absolute Gasteiger partial charge is 0.456 e. The summed E-state index contributed by atoms with van der Waals surface area (Å²) in [6.45, 7) is 1.16. The molecule has 4 rings (SSSR count). The fourth-order valence-electron chi connectivity index (χ4n) is 3.81. The average molecular weight is 435 g/mol. The van der Waals surface area contributed by atoms with Crippen LogP contribution in [0.15, 0.2) is 58.0 Å². The summed E-state index contributed by atoms with van der Waals surface area (Å²) in [5.41, 5.74) is -1.29. The van der Waals surface area contributed by atoms with Crippen molar-refractivity contribution in [3.05, 3.63) is 70.3 Å². The molecule has 2 aromatic heterocycles. The number of pyridine rings is 1. The van der Waals surface area contributed by atoms with Gasteiger partial charge in [0.2, 0.25) is 0 Å². The highest BCUT2D eigenvalue weighted by molar-refractivity contribution is 5.86. The van der Waals surface area contributed by atoms with Crippen LogP contribution in [0.3, 0.4) is 0 Å². The van der Waals surface area contributed by atoms with Gasteiger partial charge in [-0.1, -0.05) is 18.2 Å². The second-order valence-electron chi connectivity index (χ2n) is 6.92. The minimum absolute atomic E-state index is 0.0321. The molecule has 3 aromatic rings. The molecule has 3 atom stereocenters. The van der Waals surface area contributed by atoms with Gasteiger partial charge in [-0.25, -0.2) is 4.79 Å². The van der Waals surface area contributed by atoms with E-state index in [-0.39, 0.29) is 28.7 Å². The number of carbonyl (C=O) groups excluding carboxylic acids is 1. The Morgan fingerprint density at radius 3 is 2.65 bits per heavy atom. The number of alkyl halides is 3. The van der Waals surface area contributed by atoms with Crippen molar-refractivity contribution in [2.75, 3.05) is 6.61 Å². The third-order valence-electron chi connectivity index (χ3n) is 5.11. The van der Waals surface area contributed by atoms with E-state index in [9.17, 15) is 27.9 Å². The minimum Gasteiger partial charge on any atom is -0.466 e. The van der Waals surface area contributed by atoms with Gasteiger partial charge >= 0.3 is 23.6 Å². The summed E-state index contributed by atoms with van der Waals surface area (Å²) >= 11 is 0. The number of para-hydroxylation sites is 1. The van der Waals surface area contributed by atoms with Gasteiger partial charge in [-0.2, -0.15) is 13.2 Å². The number of hydrogen-bond donors (Lipinski definition) is 1. The quantitative estimate of drug-likeness (QED) is 0.499. The van der Waals surface area contributed by atoms with Gasteiger partial charge in [-0.05, 0) is 30.7 Å². The van der Waals surface area contributed by atoms with E-state index in [1.54, 1.807) is 0 Å². The normalized spacial score (nSPS) is 23.1. The molecule has 162 valence electrons. The number of aliphatic hydroxyl groups is 1. The van der Waals surface area contributed by atoms with Gasteiger partial charge in [0, 0.05) is 18.3 Å². The predicted molar refractivity (Wildman–Crippen MR) is 100 cm³/mol. The zero-order valence-electron chi connectivity index (χ0n) is 16.1. The molecular formula is C21H16F3NO6. The molecule has 0 spiro atoms. The molecule has 0 fully saturated rings. The summed E-state index contributed by atoms with van der Waals surface area (Å²) in [4.78, 5) is 29.5. The van der Waals surface area contributed by atoms with Crippen LogP contribution in [0.5, 0.6) is 5.75 Å². The highest BCUT2D eigenvalue weighted by Crippen LogP contribution is 2.53. The molecule has 7 nitrogen and oxygen atoms in total. The SMILES string of the molecule is CCOC(=O)C1C(c2cccnc2)c2c(c3ccccc3oc2=O)OC1(O)C(F)(F)F. The Bertz CT molecular complexity index is 1190. The van der Waals surface area contributed by atoms with Crippen molar-refractivity contribution in [2.24, 2.45) is 5.92 Å². The summed E-state index contributed by atoms with van der Waals surface area (Å²) in [6.07, 6.45) is -2.82.